The van der Waals surface area contributed by atoms with Gasteiger partial charge >= 0.3 is 0 Å². The number of halogens is 1. The van der Waals surface area contributed by atoms with E-state index in [1.165, 1.54) is 0 Å². The Morgan fingerprint density at radius 1 is 1.44 bits per heavy atom. The third-order valence-electron chi connectivity index (χ3n) is 2.09. The molecule has 1 aromatic rings. The minimum atomic E-state index is -0.367. The lowest BCUT2D eigenvalue weighted by Crippen LogP contribution is -2.21. The van der Waals surface area contributed by atoms with Crippen molar-refractivity contribution in [3.05, 3.63) is 17.0 Å². The highest BCUT2D eigenvalue weighted by atomic mass is 35.5. The van der Waals surface area contributed by atoms with Crippen molar-refractivity contribution in [1.29, 1.82) is 0 Å². The summed E-state index contributed by atoms with van der Waals surface area (Å²) in [5, 5.41) is 12.9. The van der Waals surface area contributed by atoms with Gasteiger partial charge in [-0.05, 0) is 30.9 Å². The zero-order valence-corrected chi connectivity index (χ0v) is 10.6. The summed E-state index contributed by atoms with van der Waals surface area (Å²) in [4.78, 5) is 7.98. The van der Waals surface area contributed by atoms with E-state index in [4.69, 9.17) is 11.6 Å². The quantitative estimate of drug-likeness (QED) is 0.779. The molecule has 0 saturated carbocycles. The Morgan fingerprint density at radius 2 is 2.12 bits per heavy atom. The smallest absolute Gasteiger partial charge is 0.224 e. The maximum Gasteiger partial charge on any atom is 0.224 e. The molecule has 1 unspecified atom stereocenters. The van der Waals surface area contributed by atoms with Crippen molar-refractivity contribution in [3.8, 4) is 0 Å². The van der Waals surface area contributed by atoms with Crippen LogP contribution in [0.5, 0.6) is 0 Å². The van der Waals surface area contributed by atoms with Crippen LogP contribution in [0, 0.1) is 12.8 Å². The minimum Gasteiger partial charge on any atom is -0.391 e. The zero-order chi connectivity index (χ0) is 12.1. The Labute approximate surface area is 101 Å². The minimum absolute atomic E-state index is 0.223. The molecule has 1 heterocycles. The van der Waals surface area contributed by atoms with E-state index in [9.17, 15) is 5.11 Å². The number of aliphatic hydroxyl groups excluding tert-OH is 1. The number of anilines is 1. The second-order valence-corrected chi connectivity index (χ2v) is 4.67. The van der Waals surface area contributed by atoms with Gasteiger partial charge in [0.05, 0.1) is 6.10 Å². The van der Waals surface area contributed by atoms with Crippen molar-refractivity contribution in [2.45, 2.75) is 33.3 Å². The topological polar surface area (TPSA) is 58.0 Å². The average molecular weight is 244 g/mol. The molecule has 0 saturated heterocycles. The molecule has 0 aliphatic heterocycles. The summed E-state index contributed by atoms with van der Waals surface area (Å²) in [6, 6.07) is 1.80. The number of rotatable bonds is 5. The van der Waals surface area contributed by atoms with Crippen LogP contribution >= 0.6 is 11.6 Å². The Kier molecular flexibility index (Phi) is 4.96. The van der Waals surface area contributed by atoms with Crippen LogP contribution in [0.3, 0.4) is 0 Å². The highest BCUT2D eigenvalue weighted by Gasteiger charge is 2.07. The van der Waals surface area contributed by atoms with E-state index in [0.717, 1.165) is 12.1 Å². The van der Waals surface area contributed by atoms with Gasteiger partial charge < -0.3 is 10.4 Å². The first-order valence-corrected chi connectivity index (χ1v) is 5.78. The van der Waals surface area contributed by atoms with Crippen LogP contribution in [0.4, 0.5) is 5.82 Å². The normalized spacial score (nSPS) is 12.9. The second kappa shape index (κ2) is 6.01. The predicted molar refractivity (Wildman–Crippen MR) is 65.7 cm³/mol. The summed E-state index contributed by atoms with van der Waals surface area (Å²) < 4.78 is 0. The third-order valence-corrected chi connectivity index (χ3v) is 2.26. The molecule has 1 rings (SSSR count). The SMILES string of the molecule is Cc1cc(NCC(O)CC(C)C)nc(Cl)n1. The summed E-state index contributed by atoms with van der Waals surface area (Å²) in [5.74, 6) is 1.13. The van der Waals surface area contributed by atoms with Gasteiger partial charge in [0, 0.05) is 18.3 Å². The van der Waals surface area contributed by atoms with Crippen LogP contribution < -0.4 is 5.32 Å². The van der Waals surface area contributed by atoms with Crippen molar-refractivity contribution in [1.82, 2.24) is 9.97 Å². The first-order chi connectivity index (χ1) is 7.47. The van der Waals surface area contributed by atoms with E-state index in [2.05, 4.69) is 29.1 Å². The lowest BCUT2D eigenvalue weighted by atomic mass is 10.1. The standard InChI is InChI=1S/C11H18ClN3O/c1-7(2)4-9(16)6-13-10-5-8(3)14-11(12)15-10/h5,7,9,16H,4,6H2,1-3H3,(H,13,14,15). The lowest BCUT2D eigenvalue weighted by molar-refractivity contribution is 0.161. The maximum absolute atomic E-state index is 9.68. The van der Waals surface area contributed by atoms with Gasteiger partial charge in [-0.25, -0.2) is 9.97 Å². The largest absolute Gasteiger partial charge is 0.391 e. The van der Waals surface area contributed by atoms with E-state index in [1.807, 2.05) is 6.92 Å². The maximum atomic E-state index is 9.68. The highest BCUT2D eigenvalue weighted by molar-refractivity contribution is 6.28. The summed E-state index contributed by atoms with van der Waals surface area (Å²) in [7, 11) is 0. The number of nitrogens with one attached hydrogen (secondary N) is 1. The molecule has 5 heteroatoms. The summed E-state index contributed by atoms with van der Waals surface area (Å²) in [6.07, 6.45) is 0.402. The monoisotopic (exact) mass is 243 g/mol. The van der Waals surface area contributed by atoms with Crippen molar-refractivity contribution < 1.29 is 5.11 Å². The number of aliphatic hydroxyl groups is 1. The van der Waals surface area contributed by atoms with E-state index in [-0.39, 0.29) is 11.4 Å². The molecule has 0 spiro atoms. The lowest BCUT2D eigenvalue weighted by Gasteiger charge is -2.14. The van der Waals surface area contributed by atoms with Crippen LogP contribution in [0.25, 0.3) is 0 Å². The van der Waals surface area contributed by atoms with Crippen LogP contribution in [0.2, 0.25) is 5.28 Å². The van der Waals surface area contributed by atoms with Gasteiger partial charge in [0.2, 0.25) is 5.28 Å². The van der Waals surface area contributed by atoms with E-state index in [1.54, 1.807) is 6.07 Å². The molecule has 0 fully saturated rings. The van der Waals surface area contributed by atoms with Gasteiger partial charge in [-0.15, -0.1) is 0 Å². The molecule has 90 valence electrons. The predicted octanol–water partition coefficient (Wildman–Crippen LogP) is 2.26. The molecule has 0 aliphatic rings. The number of nitrogens with zero attached hydrogens (tertiary/aromatic N) is 2. The van der Waals surface area contributed by atoms with E-state index >= 15 is 0 Å². The average Bonchev–Trinajstić information content (AvgIpc) is 2.12. The number of hydrogen-bond donors (Lipinski definition) is 2. The van der Waals surface area contributed by atoms with Crippen LogP contribution in [0.15, 0.2) is 6.07 Å². The second-order valence-electron chi connectivity index (χ2n) is 4.33. The summed E-state index contributed by atoms with van der Waals surface area (Å²) in [6.45, 7) is 6.48. The molecule has 0 radical (unpaired) electrons. The fourth-order valence-corrected chi connectivity index (χ4v) is 1.70. The van der Waals surface area contributed by atoms with Crippen LogP contribution in [-0.4, -0.2) is 27.7 Å². The molecule has 0 aromatic carbocycles. The van der Waals surface area contributed by atoms with Gasteiger partial charge in [0.25, 0.3) is 0 Å². The van der Waals surface area contributed by atoms with Crippen molar-refractivity contribution in [2.24, 2.45) is 5.92 Å². The fraction of sp³-hybridized carbons (Fsp3) is 0.636. The summed E-state index contributed by atoms with van der Waals surface area (Å²) >= 11 is 5.73. The molecule has 4 nitrogen and oxygen atoms in total. The number of aromatic nitrogens is 2. The first-order valence-electron chi connectivity index (χ1n) is 5.40. The number of hydrogen-bond acceptors (Lipinski definition) is 4. The molecular formula is C11H18ClN3O. The van der Waals surface area contributed by atoms with Crippen molar-refractivity contribution in [2.75, 3.05) is 11.9 Å². The Bertz CT molecular complexity index is 324. The van der Waals surface area contributed by atoms with Gasteiger partial charge in [0.15, 0.2) is 0 Å². The molecule has 0 aliphatic carbocycles. The summed E-state index contributed by atoms with van der Waals surface area (Å²) in [5.41, 5.74) is 0.806. The van der Waals surface area contributed by atoms with Crippen LogP contribution in [-0.2, 0) is 0 Å². The van der Waals surface area contributed by atoms with Gasteiger partial charge in [0.1, 0.15) is 5.82 Å². The molecular weight excluding hydrogens is 226 g/mol. The van der Waals surface area contributed by atoms with E-state index in [0.29, 0.717) is 18.3 Å². The molecule has 0 bridgehead atoms. The van der Waals surface area contributed by atoms with Crippen molar-refractivity contribution >= 4 is 17.4 Å². The molecule has 16 heavy (non-hydrogen) atoms. The van der Waals surface area contributed by atoms with Gasteiger partial charge in [-0.3, -0.25) is 0 Å². The fourth-order valence-electron chi connectivity index (χ4n) is 1.47. The van der Waals surface area contributed by atoms with Crippen molar-refractivity contribution in [3.63, 3.8) is 0 Å². The molecule has 1 atom stereocenters. The molecule has 0 amide bonds. The Hall–Kier alpha value is -0.870. The molecule has 1 aromatic heterocycles. The Morgan fingerprint density at radius 3 is 2.69 bits per heavy atom. The zero-order valence-electron chi connectivity index (χ0n) is 9.87. The highest BCUT2D eigenvalue weighted by Crippen LogP contribution is 2.11. The molecule has 2 N–H and O–H groups in total. The first kappa shape index (κ1) is 13.2. The van der Waals surface area contributed by atoms with Gasteiger partial charge in [-0.1, -0.05) is 13.8 Å². The third kappa shape index (κ3) is 4.77. The van der Waals surface area contributed by atoms with Crippen LogP contribution in [0.1, 0.15) is 26.0 Å². The van der Waals surface area contributed by atoms with E-state index < -0.39 is 0 Å². The number of aryl methyl sites for hydroxylation is 1. The Balaban J connectivity index is 2.48. The van der Waals surface area contributed by atoms with Gasteiger partial charge in [-0.2, -0.15) is 0 Å².